The van der Waals surface area contributed by atoms with E-state index >= 15 is 0 Å². The summed E-state index contributed by atoms with van der Waals surface area (Å²) in [6.07, 6.45) is 0. The molecule has 31 heavy (non-hydrogen) atoms. The van der Waals surface area contributed by atoms with E-state index in [1.54, 1.807) is 31.2 Å². The Morgan fingerprint density at radius 1 is 0.968 bits per heavy atom. The third kappa shape index (κ3) is 6.77. The Labute approximate surface area is 181 Å². The normalized spacial score (nSPS) is 10.2. The Bertz CT molecular complexity index is 895. The lowest BCUT2D eigenvalue weighted by molar-refractivity contribution is 0.0953. The Morgan fingerprint density at radius 3 is 2.19 bits per heavy atom. The van der Waals surface area contributed by atoms with Crippen LogP contribution in [-0.4, -0.2) is 45.9 Å². The number of ether oxygens (including phenoxy) is 3. The zero-order chi connectivity index (χ0) is 22.8. The molecule has 0 aromatic heterocycles. The lowest BCUT2D eigenvalue weighted by Gasteiger charge is -2.15. The van der Waals surface area contributed by atoms with E-state index in [1.807, 2.05) is 6.92 Å². The second-order valence-electron chi connectivity index (χ2n) is 6.59. The summed E-state index contributed by atoms with van der Waals surface area (Å²) in [5, 5.41) is 7.99. The second-order valence-corrected chi connectivity index (χ2v) is 6.59. The number of amides is 3. The number of benzene rings is 2. The van der Waals surface area contributed by atoms with E-state index in [1.165, 1.54) is 20.3 Å². The molecule has 9 heteroatoms. The molecule has 0 atom stereocenters. The molecular weight excluding hydrogens is 405 g/mol. The zero-order valence-corrected chi connectivity index (χ0v) is 18.1. The number of nitrogens with one attached hydrogen (secondary N) is 3. The number of rotatable bonds is 10. The number of carbonyl (C=O) groups excluding carboxylic acids is 2. The number of urea groups is 1. The predicted molar refractivity (Wildman–Crippen MR) is 114 cm³/mol. The maximum absolute atomic E-state index is 13.5. The van der Waals surface area contributed by atoms with Crippen molar-refractivity contribution in [3.63, 3.8) is 0 Å². The molecule has 0 saturated heterocycles. The fraction of sp³-hybridized carbons (Fsp3) is 0.364. The van der Waals surface area contributed by atoms with Crippen molar-refractivity contribution >= 4 is 11.9 Å². The van der Waals surface area contributed by atoms with Gasteiger partial charge >= 0.3 is 6.03 Å². The van der Waals surface area contributed by atoms with Gasteiger partial charge in [-0.1, -0.05) is 6.07 Å². The molecule has 168 valence electrons. The van der Waals surface area contributed by atoms with Gasteiger partial charge in [-0.25, -0.2) is 9.18 Å². The summed E-state index contributed by atoms with van der Waals surface area (Å²) in [5.41, 5.74) is 1.46. The van der Waals surface area contributed by atoms with Gasteiger partial charge in [0.25, 0.3) is 5.91 Å². The van der Waals surface area contributed by atoms with Crippen molar-refractivity contribution in [2.45, 2.75) is 20.4 Å². The van der Waals surface area contributed by atoms with Gasteiger partial charge in [0.1, 0.15) is 5.82 Å². The zero-order valence-electron chi connectivity index (χ0n) is 18.1. The van der Waals surface area contributed by atoms with Gasteiger partial charge in [-0.3, -0.25) is 4.79 Å². The van der Waals surface area contributed by atoms with Crippen molar-refractivity contribution in [3.8, 4) is 17.2 Å². The third-order valence-electron chi connectivity index (χ3n) is 4.39. The fourth-order valence-corrected chi connectivity index (χ4v) is 2.76. The van der Waals surface area contributed by atoms with Crippen molar-refractivity contribution in [2.75, 3.05) is 33.9 Å². The molecule has 0 fully saturated rings. The third-order valence-corrected chi connectivity index (χ3v) is 4.39. The molecule has 0 aliphatic rings. The predicted octanol–water partition coefficient (Wildman–Crippen LogP) is 2.78. The Morgan fingerprint density at radius 2 is 1.61 bits per heavy atom. The minimum atomic E-state index is -0.437. The van der Waals surface area contributed by atoms with Crippen LogP contribution in [0.3, 0.4) is 0 Å². The smallest absolute Gasteiger partial charge is 0.315 e. The summed E-state index contributed by atoms with van der Waals surface area (Å²) in [7, 11) is 3.06. The van der Waals surface area contributed by atoms with Crippen LogP contribution in [0, 0.1) is 12.7 Å². The summed E-state index contributed by atoms with van der Waals surface area (Å²) in [6, 6.07) is 7.39. The second kappa shape index (κ2) is 11.6. The molecule has 0 radical (unpaired) electrons. The monoisotopic (exact) mass is 433 g/mol. The van der Waals surface area contributed by atoms with Crippen molar-refractivity contribution in [1.29, 1.82) is 0 Å². The highest BCUT2D eigenvalue weighted by atomic mass is 19.1. The average molecular weight is 433 g/mol. The van der Waals surface area contributed by atoms with Crippen molar-refractivity contribution in [2.24, 2.45) is 0 Å². The summed E-state index contributed by atoms with van der Waals surface area (Å²) in [6.45, 7) is 4.59. The van der Waals surface area contributed by atoms with E-state index in [4.69, 9.17) is 14.2 Å². The van der Waals surface area contributed by atoms with Gasteiger partial charge in [0, 0.05) is 25.2 Å². The number of hydrogen-bond donors (Lipinski definition) is 3. The van der Waals surface area contributed by atoms with Crippen LogP contribution in [0.15, 0.2) is 30.3 Å². The van der Waals surface area contributed by atoms with E-state index in [0.29, 0.717) is 29.4 Å². The minimum absolute atomic E-state index is 0.201. The van der Waals surface area contributed by atoms with E-state index in [9.17, 15) is 14.0 Å². The standard InChI is InChI=1S/C22H28FN3O5/c1-5-31-20-18(29-3)10-15(11-19(20)30-4)13-26-22(28)25-9-8-24-21(27)16-7-6-14(2)17(23)12-16/h6-7,10-12H,5,8-9,13H2,1-4H3,(H,24,27)(H2,25,26,28). The highest BCUT2D eigenvalue weighted by Crippen LogP contribution is 2.38. The Balaban J connectivity index is 1.80. The highest BCUT2D eigenvalue weighted by Gasteiger charge is 2.14. The average Bonchev–Trinajstić information content (AvgIpc) is 2.77. The molecule has 3 amide bonds. The molecule has 8 nitrogen and oxygen atoms in total. The van der Waals surface area contributed by atoms with Crippen LogP contribution >= 0.6 is 0 Å². The summed E-state index contributed by atoms with van der Waals surface area (Å²) < 4.78 is 29.8. The van der Waals surface area contributed by atoms with Crippen LogP contribution in [0.1, 0.15) is 28.4 Å². The summed E-state index contributed by atoms with van der Waals surface area (Å²) in [5.74, 6) is 0.676. The molecule has 0 spiro atoms. The molecule has 0 heterocycles. The Hall–Kier alpha value is -3.49. The van der Waals surface area contributed by atoms with Crippen molar-refractivity contribution in [3.05, 3.63) is 52.8 Å². The lowest BCUT2D eigenvalue weighted by atomic mass is 10.1. The largest absolute Gasteiger partial charge is 0.493 e. The number of halogens is 1. The first-order valence-corrected chi connectivity index (χ1v) is 9.83. The van der Waals surface area contributed by atoms with Crippen LogP contribution in [-0.2, 0) is 6.54 Å². The van der Waals surface area contributed by atoms with Crippen molar-refractivity contribution < 1.29 is 28.2 Å². The first-order valence-electron chi connectivity index (χ1n) is 9.83. The van der Waals surface area contributed by atoms with Gasteiger partial charge in [0.05, 0.1) is 20.8 Å². The van der Waals surface area contributed by atoms with E-state index in [2.05, 4.69) is 16.0 Å². The van der Waals surface area contributed by atoms with Gasteiger partial charge in [-0.15, -0.1) is 0 Å². The van der Waals surface area contributed by atoms with Gasteiger partial charge in [0.2, 0.25) is 5.75 Å². The van der Waals surface area contributed by atoms with Crippen LogP contribution in [0.5, 0.6) is 17.2 Å². The molecule has 0 saturated carbocycles. The number of carbonyl (C=O) groups is 2. The van der Waals surface area contributed by atoms with E-state index in [0.717, 1.165) is 5.56 Å². The molecule has 2 aromatic carbocycles. The molecule has 0 aliphatic heterocycles. The van der Waals surface area contributed by atoms with Gasteiger partial charge in [-0.2, -0.15) is 0 Å². The van der Waals surface area contributed by atoms with Crippen LogP contribution in [0.4, 0.5) is 9.18 Å². The topological polar surface area (TPSA) is 97.9 Å². The summed E-state index contributed by atoms with van der Waals surface area (Å²) >= 11 is 0. The van der Waals surface area contributed by atoms with Gasteiger partial charge in [0.15, 0.2) is 11.5 Å². The number of aryl methyl sites for hydroxylation is 1. The molecular formula is C22H28FN3O5. The SMILES string of the molecule is CCOc1c(OC)cc(CNC(=O)NCCNC(=O)c2ccc(C)c(F)c2)cc1OC. The van der Waals surface area contributed by atoms with Crippen LogP contribution in [0.2, 0.25) is 0 Å². The van der Waals surface area contributed by atoms with Crippen molar-refractivity contribution in [1.82, 2.24) is 16.0 Å². The first-order chi connectivity index (χ1) is 14.9. The quantitative estimate of drug-likeness (QED) is 0.501. The van der Waals surface area contributed by atoms with Gasteiger partial charge < -0.3 is 30.2 Å². The number of hydrogen-bond acceptors (Lipinski definition) is 5. The molecule has 0 unspecified atom stereocenters. The minimum Gasteiger partial charge on any atom is -0.493 e. The van der Waals surface area contributed by atoms with E-state index < -0.39 is 17.8 Å². The molecule has 0 bridgehead atoms. The van der Waals surface area contributed by atoms with E-state index in [-0.39, 0.29) is 25.2 Å². The molecule has 3 N–H and O–H groups in total. The van der Waals surface area contributed by atoms with Gasteiger partial charge in [-0.05, 0) is 49.2 Å². The maximum atomic E-state index is 13.5. The Kier molecular flexibility index (Phi) is 8.93. The fourth-order valence-electron chi connectivity index (χ4n) is 2.76. The van der Waals surface area contributed by atoms with Crippen LogP contribution in [0.25, 0.3) is 0 Å². The molecule has 2 rings (SSSR count). The van der Waals surface area contributed by atoms with Crippen LogP contribution < -0.4 is 30.2 Å². The molecule has 2 aromatic rings. The first kappa shape index (κ1) is 23.8. The maximum Gasteiger partial charge on any atom is 0.315 e. The number of methoxy groups -OCH3 is 2. The molecule has 0 aliphatic carbocycles. The highest BCUT2D eigenvalue weighted by molar-refractivity contribution is 5.94. The summed E-state index contributed by atoms with van der Waals surface area (Å²) in [4.78, 5) is 24.0. The lowest BCUT2D eigenvalue weighted by Crippen LogP contribution is -2.40.